The van der Waals surface area contributed by atoms with Gasteiger partial charge in [0.1, 0.15) is 0 Å². The maximum absolute atomic E-state index is 12.7. The van der Waals surface area contributed by atoms with Gasteiger partial charge < -0.3 is 10.6 Å². The number of likely N-dealkylation sites (N-methyl/N-ethyl adjacent to an activating group) is 1. The van der Waals surface area contributed by atoms with Crippen LogP contribution in [0.2, 0.25) is 5.02 Å². The van der Waals surface area contributed by atoms with Crippen LogP contribution in [0.4, 0.5) is 0 Å². The number of halogens is 1. The van der Waals surface area contributed by atoms with Crippen LogP contribution in [-0.2, 0) is 0 Å². The van der Waals surface area contributed by atoms with Crippen molar-refractivity contribution in [2.24, 2.45) is 0 Å². The largest absolute Gasteiger partial charge is 0.350 e. The molecule has 2 aromatic rings. The molecule has 25 heavy (non-hydrogen) atoms. The number of carbonyl (C=O) groups is 1. The van der Waals surface area contributed by atoms with Crippen LogP contribution in [0.5, 0.6) is 0 Å². The van der Waals surface area contributed by atoms with Crippen molar-refractivity contribution in [3.8, 4) is 5.69 Å². The third-order valence-corrected chi connectivity index (χ3v) is 4.94. The van der Waals surface area contributed by atoms with Crippen LogP contribution in [0, 0.1) is 6.92 Å². The second kappa shape index (κ2) is 7.58. The molecule has 0 spiro atoms. The molecule has 1 saturated carbocycles. The van der Waals surface area contributed by atoms with Gasteiger partial charge in [0.2, 0.25) is 0 Å². The summed E-state index contributed by atoms with van der Waals surface area (Å²) in [6.45, 7) is 7.57. The van der Waals surface area contributed by atoms with Crippen LogP contribution in [0.25, 0.3) is 5.69 Å². The first kappa shape index (κ1) is 18.0. The van der Waals surface area contributed by atoms with E-state index < -0.39 is 0 Å². The van der Waals surface area contributed by atoms with Gasteiger partial charge in [0.25, 0.3) is 5.91 Å². The highest BCUT2D eigenvalue weighted by molar-refractivity contribution is 6.31. The Bertz CT molecular complexity index is 767. The number of aromatic nitrogens is 2. The molecule has 1 aliphatic rings. The van der Waals surface area contributed by atoms with Gasteiger partial charge >= 0.3 is 0 Å². The standard InChI is InChI=1S/C19H25ClN4O/c1-4-21-13(3)10-22-19(25)16-11-23-24(18(16)14-6-7-14)15-8-5-12(2)17(20)9-15/h5,8-9,11,13-14,21H,4,6-7,10H2,1-3H3,(H,22,25)/t13-/m1/s1. The van der Waals surface area contributed by atoms with Gasteiger partial charge in [-0.1, -0.05) is 24.6 Å². The fraction of sp³-hybridized carbons (Fsp3) is 0.474. The maximum atomic E-state index is 12.7. The summed E-state index contributed by atoms with van der Waals surface area (Å²) in [5.74, 6) is 0.339. The van der Waals surface area contributed by atoms with Crippen LogP contribution in [0.15, 0.2) is 24.4 Å². The molecule has 3 rings (SSSR count). The number of amides is 1. The highest BCUT2D eigenvalue weighted by Gasteiger charge is 2.33. The Morgan fingerprint density at radius 3 is 2.84 bits per heavy atom. The smallest absolute Gasteiger partial charge is 0.254 e. The average Bonchev–Trinajstić information content (AvgIpc) is 3.33. The Morgan fingerprint density at radius 1 is 1.44 bits per heavy atom. The molecule has 0 aliphatic heterocycles. The van der Waals surface area contributed by atoms with Crippen LogP contribution in [0.3, 0.4) is 0 Å². The normalized spacial score (nSPS) is 15.2. The van der Waals surface area contributed by atoms with Gasteiger partial charge in [-0.2, -0.15) is 5.10 Å². The summed E-state index contributed by atoms with van der Waals surface area (Å²) in [4.78, 5) is 12.7. The van der Waals surface area contributed by atoms with Crippen LogP contribution >= 0.6 is 11.6 Å². The van der Waals surface area contributed by atoms with Crippen molar-refractivity contribution in [3.63, 3.8) is 0 Å². The minimum atomic E-state index is -0.0592. The lowest BCUT2D eigenvalue weighted by Gasteiger charge is -2.14. The first-order chi connectivity index (χ1) is 12.0. The van der Waals surface area contributed by atoms with E-state index in [4.69, 9.17) is 11.6 Å². The number of nitrogens with zero attached hydrogens (tertiary/aromatic N) is 2. The summed E-state index contributed by atoms with van der Waals surface area (Å²) in [7, 11) is 0. The van der Waals surface area contributed by atoms with Crippen LogP contribution < -0.4 is 10.6 Å². The molecule has 1 amide bonds. The molecule has 0 bridgehead atoms. The van der Waals surface area contributed by atoms with Gasteiger partial charge in [-0.25, -0.2) is 4.68 Å². The molecule has 0 radical (unpaired) electrons. The molecule has 0 saturated heterocycles. The first-order valence-corrected chi connectivity index (χ1v) is 9.25. The molecule has 1 aliphatic carbocycles. The number of benzene rings is 1. The van der Waals surface area contributed by atoms with Crippen LogP contribution in [-0.4, -0.2) is 34.8 Å². The number of rotatable bonds is 7. The molecule has 2 N–H and O–H groups in total. The summed E-state index contributed by atoms with van der Waals surface area (Å²) in [6.07, 6.45) is 3.87. The predicted molar refractivity (Wildman–Crippen MR) is 101 cm³/mol. The summed E-state index contributed by atoms with van der Waals surface area (Å²) in [6, 6.07) is 6.12. The third-order valence-electron chi connectivity index (χ3n) is 4.54. The highest BCUT2D eigenvalue weighted by Crippen LogP contribution is 2.42. The van der Waals surface area contributed by atoms with Crippen LogP contribution in [0.1, 0.15) is 54.2 Å². The van der Waals surface area contributed by atoms with Gasteiger partial charge in [-0.15, -0.1) is 0 Å². The Kier molecular flexibility index (Phi) is 5.45. The molecular formula is C19H25ClN4O. The number of aryl methyl sites for hydroxylation is 1. The Morgan fingerprint density at radius 2 is 2.20 bits per heavy atom. The Hall–Kier alpha value is -1.85. The number of hydrogen-bond acceptors (Lipinski definition) is 3. The quantitative estimate of drug-likeness (QED) is 0.795. The lowest BCUT2D eigenvalue weighted by atomic mass is 10.1. The summed E-state index contributed by atoms with van der Waals surface area (Å²) >= 11 is 6.27. The summed E-state index contributed by atoms with van der Waals surface area (Å²) < 4.78 is 1.87. The van der Waals surface area contributed by atoms with Crippen molar-refractivity contribution in [1.82, 2.24) is 20.4 Å². The first-order valence-electron chi connectivity index (χ1n) is 8.87. The zero-order valence-electron chi connectivity index (χ0n) is 15.0. The highest BCUT2D eigenvalue weighted by atomic mass is 35.5. The fourth-order valence-electron chi connectivity index (χ4n) is 2.96. The molecular weight excluding hydrogens is 336 g/mol. The molecule has 1 atom stereocenters. The molecule has 1 heterocycles. The average molecular weight is 361 g/mol. The maximum Gasteiger partial charge on any atom is 0.254 e. The van der Waals surface area contributed by atoms with E-state index in [1.165, 1.54) is 0 Å². The zero-order valence-corrected chi connectivity index (χ0v) is 15.7. The Labute approximate surface area is 153 Å². The predicted octanol–water partition coefficient (Wildman–Crippen LogP) is 3.44. The van der Waals surface area contributed by atoms with E-state index in [1.54, 1.807) is 6.20 Å². The minimum absolute atomic E-state index is 0.0592. The van der Waals surface area contributed by atoms with E-state index in [1.807, 2.05) is 29.8 Å². The second-order valence-electron chi connectivity index (χ2n) is 6.73. The minimum Gasteiger partial charge on any atom is -0.350 e. The van der Waals surface area contributed by atoms with Crippen molar-refractivity contribution < 1.29 is 4.79 Å². The number of nitrogens with one attached hydrogen (secondary N) is 2. The Balaban J connectivity index is 1.85. The van der Waals surface area contributed by atoms with Crippen molar-refractivity contribution in [1.29, 1.82) is 0 Å². The number of carbonyl (C=O) groups excluding carboxylic acids is 1. The monoisotopic (exact) mass is 360 g/mol. The third kappa shape index (κ3) is 4.05. The van der Waals surface area contributed by atoms with E-state index in [2.05, 4.69) is 29.6 Å². The van der Waals surface area contributed by atoms with Gasteiger partial charge in [0.05, 0.1) is 23.1 Å². The molecule has 0 unspecified atom stereocenters. The molecule has 1 aromatic heterocycles. The van der Waals surface area contributed by atoms with Gasteiger partial charge in [-0.3, -0.25) is 4.79 Å². The van der Waals surface area contributed by atoms with E-state index in [0.29, 0.717) is 23.0 Å². The van der Waals surface area contributed by atoms with E-state index >= 15 is 0 Å². The fourth-order valence-corrected chi connectivity index (χ4v) is 3.14. The SMILES string of the molecule is CCN[C@H](C)CNC(=O)c1cnn(-c2ccc(C)c(Cl)c2)c1C1CC1. The van der Waals surface area contributed by atoms with Crippen molar-refractivity contribution >= 4 is 17.5 Å². The van der Waals surface area contributed by atoms with Crippen molar-refractivity contribution in [2.45, 2.75) is 45.6 Å². The van der Waals surface area contributed by atoms with Gasteiger partial charge in [0.15, 0.2) is 0 Å². The zero-order chi connectivity index (χ0) is 18.0. The summed E-state index contributed by atoms with van der Waals surface area (Å²) in [5.41, 5.74) is 3.59. The molecule has 1 fully saturated rings. The lowest BCUT2D eigenvalue weighted by Crippen LogP contribution is -2.39. The van der Waals surface area contributed by atoms with E-state index in [-0.39, 0.29) is 11.9 Å². The van der Waals surface area contributed by atoms with Gasteiger partial charge in [0, 0.05) is 23.5 Å². The number of hydrogen-bond donors (Lipinski definition) is 2. The van der Waals surface area contributed by atoms with E-state index in [0.717, 1.165) is 36.3 Å². The van der Waals surface area contributed by atoms with Gasteiger partial charge in [-0.05, 0) is 50.9 Å². The van der Waals surface area contributed by atoms with Crippen molar-refractivity contribution in [3.05, 3.63) is 46.2 Å². The summed E-state index contributed by atoms with van der Waals surface area (Å²) in [5, 5.41) is 11.5. The lowest BCUT2D eigenvalue weighted by molar-refractivity contribution is 0.0949. The molecule has 134 valence electrons. The molecule has 1 aromatic carbocycles. The molecule has 5 nitrogen and oxygen atoms in total. The second-order valence-corrected chi connectivity index (χ2v) is 7.14. The molecule has 6 heteroatoms. The topological polar surface area (TPSA) is 58.9 Å². The van der Waals surface area contributed by atoms with Crippen molar-refractivity contribution in [2.75, 3.05) is 13.1 Å². The van der Waals surface area contributed by atoms with E-state index in [9.17, 15) is 4.79 Å².